The van der Waals surface area contributed by atoms with Gasteiger partial charge in [0.25, 0.3) is 11.8 Å². The van der Waals surface area contributed by atoms with Crippen LogP contribution in [0.4, 0.5) is 5.69 Å². The zero-order valence-corrected chi connectivity index (χ0v) is 18.9. The molecule has 1 atom stereocenters. The number of hydrogen-bond acceptors (Lipinski definition) is 8. The van der Waals surface area contributed by atoms with Gasteiger partial charge in [-0.3, -0.25) is 38.5 Å². The molecule has 0 fully saturated rings. The van der Waals surface area contributed by atoms with Crippen molar-refractivity contribution in [3.63, 3.8) is 0 Å². The van der Waals surface area contributed by atoms with E-state index in [1.807, 2.05) is 0 Å². The van der Waals surface area contributed by atoms with E-state index in [1.54, 1.807) is 24.3 Å². The summed E-state index contributed by atoms with van der Waals surface area (Å²) in [7, 11) is 0. The van der Waals surface area contributed by atoms with Crippen molar-refractivity contribution in [3.05, 3.63) is 42.0 Å². The molecule has 1 aromatic carbocycles. The number of imide groups is 1. The van der Waals surface area contributed by atoms with Crippen LogP contribution in [0.5, 0.6) is 0 Å². The molecule has 2 rings (SSSR count). The molecule has 0 spiro atoms. The van der Waals surface area contributed by atoms with Crippen LogP contribution in [-0.4, -0.2) is 65.4 Å². The minimum absolute atomic E-state index is 0.0914. The van der Waals surface area contributed by atoms with Gasteiger partial charge in [-0.1, -0.05) is 12.1 Å². The summed E-state index contributed by atoms with van der Waals surface area (Å²) in [5.41, 5.74) is 6.29. The number of ether oxygens (including phenoxy) is 1. The minimum atomic E-state index is -1.35. The van der Waals surface area contributed by atoms with Crippen LogP contribution < -0.4 is 21.7 Å². The summed E-state index contributed by atoms with van der Waals surface area (Å²) >= 11 is 0. The topological polar surface area (TPSA) is 194 Å². The van der Waals surface area contributed by atoms with E-state index in [2.05, 4.69) is 16.0 Å². The monoisotopic (exact) mass is 487 g/mol. The van der Waals surface area contributed by atoms with E-state index in [-0.39, 0.29) is 19.6 Å². The third-order valence-corrected chi connectivity index (χ3v) is 4.62. The Balaban J connectivity index is 1.82. The van der Waals surface area contributed by atoms with Crippen LogP contribution in [0.1, 0.15) is 25.3 Å². The largest absolute Gasteiger partial charge is 0.461 e. The Morgan fingerprint density at radius 3 is 2.20 bits per heavy atom. The third-order valence-electron chi connectivity index (χ3n) is 4.62. The maximum Gasteiger partial charge on any atom is 0.302 e. The van der Waals surface area contributed by atoms with Crippen molar-refractivity contribution in [1.29, 1.82) is 0 Å². The molecule has 0 radical (unpaired) electrons. The number of primary amides is 1. The molecule has 1 aromatic rings. The third kappa shape index (κ3) is 9.07. The Hall–Kier alpha value is -4.55. The number of esters is 1. The molecule has 186 valence electrons. The molecular weight excluding hydrogens is 462 g/mol. The smallest absolute Gasteiger partial charge is 0.302 e. The van der Waals surface area contributed by atoms with Crippen LogP contribution in [-0.2, 0) is 44.9 Å². The number of carbonyl (C=O) groups excluding carboxylic acids is 7. The predicted molar refractivity (Wildman–Crippen MR) is 120 cm³/mol. The molecule has 0 saturated heterocycles. The van der Waals surface area contributed by atoms with Crippen LogP contribution in [0, 0.1) is 0 Å². The van der Waals surface area contributed by atoms with Crippen molar-refractivity contribution in [3.8, 4) is 0 Å². The van der Waals surface area contributed by atoms with E-state index in [1.165, 1.54) is 6.92 Å². The first kappa shape index (κ1) is 26.7. The molecule has 0 saturated carbocycles. The predicted octanol–water partition coefficient (Wildman–Crippen LogP) is -1.52. The Bertz CT molecular complexity index is 1030. The summed E-state index contributed by atoms with van der Waals surface area (Å²) in [5.74, 6) is -4.49. The summed E-state index contributed by atoms with van der Waals surface area (Å²) in [4.78, 5) is 82.8. The molecule has 35 heavy (non-hydrogen) atoms. The van der Waals surface area contributed by atoms with E-state index < -0.39 is 60.4 Å². The molecule has 0 aliphatic carbocycles. The van der Waals surface area contributed by atoms with Crippen molar-refractivity contribution in [2.24, 2.45) is 5.73 Å². The molecule has 13 nitrogen and oxygen atoms in total. The summed E-state index contributed by atoms with van der Waals surface area (Å²) in [5, 5.41) is 7.18. The van der Waals surface area contributed by atoms with Crippen molar-refractivity contribution in [2.75, 3.05) is 18.4 Å². The fourth-order valence-corrected chi connectivity index (χ4v) is 2.91. The van der Waals surface area contributed by atoms with Crippen molar-refractivity contribution in [2.45, 2.75) is 32.4 Å². The van der Waals surface area contributed by atoms with Crippen molar-refractivity contribution in [1.82, 2.24) is 15.5 Å². The Kier molecular flexibility index (Phi) is 9.63. The standard InChI is InChI=1S/C22H25N5O8/c1-13(28)35-12-14-2-4-15(5-3-14)25-19(31)11-24-22(34)16(10-17(23)29)26-18(30)8-9-27-20(32)6-7-21(27)33/h2-7,16H,8-12H2,1H3,(H2,23,29)(H,24,34)(H,25,31)(H,26,30). The van der Waals surface area contributed by atoms with Gasteiger partial charge in [0.1, 0.15) is 12.6 Å². The summed E-state index contributed by atoms with van der Waals surface area (Å²) in [6, 6.07) is 5.11. The highest BCUT2D eigenvalue weighted by Gasteiger charge is 2.26. The van der Waals surface area contributed by atoms with Crippen LogP contribution in [0.3, 0.4) is 0 Å². The van der Waals surface area contributed by atoms with Crippen LogP contribution in [0.15, 0.2) is 36.4 Å². The first-order valence-corrected chi connectivity index (χ1v) is 10.5. The van der Waals surface area contributed by atoms with Crippen molar-refractivity contribution >= 4 is 47.1 Å². The normalized spacial score (nSPS) is 13.2. The van der Waals surface area contributed by atoms with Crippen LogP contribution in [0.25, 0.3) is 0 Å². The molecule has 0 aromatic heterocycles. The molecule has 6 amide bonds. The van der Waals surface area contributed by atoms with E-state index in [4.69, 9.17) is 10.5 Å². The quantitative estimate of drug-likeness (QED) is 0.201. The summed E-state index contributed by atoms with van der Waals surface area (Å²) < 4.78 is 4.87. The number of hydrogen-bond donors (Lipinski definition) is 4. The number of amides is 6. The average Bonchev–Trinajstić information content (AvgIpc) is 3.11. The lowest BCUT2D eigenvalue weighted by molar-refractivity contribution is -0.142. The molecule has 1 aliphatic heterocycles. The SMILES string of the molecule is CC(=O)OCc1ccc(NC(=O)CNC(=O)C(CC(N)=O)NC(=O)CCN2C(=O)C=CC2=O)cc1. The Morgan fingerprint density at radius 2 is 1.63 bits per heavy atom. The molecule has 1 unspecified atom stereocenters. The number of carbonyl (C=O) groups is 7. The first-order chi connectivity index (χ1) is 16.5. The van der Waals surface area contributed by atoms with Gasteiger partial charge in [0.2, 0.25) is 23.6 Å². The van der Waals surface area contributed by atoms with Gasteiger partial charge >= 0.3 is 5.97 Å². The lowest BCUT2D eigenvalue weighted by atomic mass is 10.1. The number of nitrogens with zero attached hydrogens (tertiary/aromatic N) is 1. The second-order valence-corrected chi connectivity index (χ2v) is 7.45. The lowest BCUT2D eigenvalue weighted by Crippen LogP contribution is -2.50. The van der Waals surface area contributed by atoms with Gasteiger partial charge in [-0.25, -0.2) is 0 Å². The highest BCUT2D eigenvalue weighted by atomic mass is 16.5. The Labute approximate surface area is 200 Å². The molecular formula is C22H25N5O8. The highest BCUT2D eigenvalue weighted by molar-refractivity contribution is 6.13. The number of nitrogens with one attached hydrogen (secondary N) is 3. The summed E-state index contributed by atoms with van der Waals surface area (Å²) in [6.07, 6.45) is 1.33. The number of benzene rings is 1. The van der Waals surface area contributed by atoms with Gasteiger partial charge in [0.15, 0.2) is 0 Å². The van der Waals surface area contributed by atoms with Gasteiger partial charge in [-0.05, 0) is 17.7 Å². The molecule has 1 heterocycles. The first-order valence-electron chi connectivity index (χ1n) is 10.5. The van der Waals surface area contributed by atoms with E-state index in [0.29, 0.717) is 11.3 Å². The van der Waals surface area contributed by atoms with E-state index >= 15 is 0 Å². The Morgan fingerprint density at radius 1 is 1.00 bits per heavy atom. The van der Waals surface area contributed by atoms with Gasteiger partial charge < -0.3 is 26.4 Å². The molecule has 5 N–H and O–H groups in total. The maximum atomic E-state index is 12.4. The highest BCUT2D eigenvalue weighted by Crippen LogP contribution is 2.10. The number of nitrogens with two attached hydrogens (primary N) is 1. The van der Waals surface area contributed by atoms with E-state index in [0.717, 1.165) is 17.1 Å². The average molecular weight is 487 g/mol. The van der Waals surface area contributed by atoms with Gasteiger partial charge in [-0.2, -0.15) is 0 Å². The van der Waals surface area contributed by atoms with Crippen LogP contribution >= 0.6 is 0 Å². The second kappa shape index (κ2) is 12.6. The zero-order chi connectivity index (χ0) is 26.0. The molecule has 1 aliphatic rings. The maximum absolute atomic E-state index is 12.4. The summed E-state index contributed by atoms with van der Waals surface area (Å²) in [6.45, 7) is 0.720. The second-order valence-electron chi connectivity index (χ2n) is 7.45. The van der Waals surface area contributed by atoms with Gasteiger partial charge in [0.05, 0.1) is 13.0 Å². The van der Waals surface area contributed by atoms with Gasteiger partial charge in [0, 0.05) is 37.7 Å². The van der Waals surface area contributed by atoms with Gasteiger partial charge in [-0.15, -0.1) is 0 Å². The minimum Gasteiger partial charge on any atom is -0.461 e. The van der Waals surface area contributed by atoms with E-state index in [9.17, 15) is 33.6 Å². The molecule has 13 heteroatoms. The lowest BCUT2D eigenvalue weighted by Gasteiger charge is -2.18. The molecule has 0 bridgehead atoms. The number of anilines is 1. The van der Waals surface area contributed by atoms with Crippen molar-refractivity contribution < 1.29 is 38.3 Å². The van der Waals surface area contributed by atoms with Crippen LogP contribution in [0.2, 0.25) is 0 Å². The fraction of sp³-hybridized carbons (Fsp3) is 0.318. The zero-order valence-electron chi connectivity index (χ0n) is 18.9. The number of rotatable bonds is 12. The fourth-order valence-electron chi connectivity index (χ4n) is 2.91.